The molecule has 32 heavy (non-hydrogen) atoms. The second-order valence-electron chi connectivity index (χ2n) is 8.81. The van der Waals surface area contributed by atoms with E-state index in [0.717, 1.165) is 57.8 Å². The Morgan fingerprint density at radius 3 is 0.719 bits per heavy atom. The molecule has 0 radical (unpaired) electrons. The van der Waals surface area contributed by atoms with Crippen LogP contribution in [0.15, 0.2) is 0 Å². The van der Waals surface area contributed by atoms with Gasteiger partial charge in [-0.15, -0.1) is 0 Å². The molecule has 0 rings (SSSR count). The van der Waals surface area contributed by atoms with Crippen molar-refractivity contribution < 1.29 is 30.0 Å². The van der Waals surface area contributed by atoms with Crippen LogP contribution in [0.5, 0.6) is 0 Å². The highest BCUT2D eigenvalue weighted by molar-refractivity contribution is 5.66. The van der Waals surface area contributed by atoms with Gasteiger partial charge in [0.1, 0.15) is 0 Å². The molecular weight excluding hydrogens is 408 g/mol. The van der Waals surface area contributed by atoms with Crippen LogP contribution in [0.1, 0.15) is 141 Å². The summed E-state index contributed by atoms with van der Waals surface area (Å²) in [7, 11) is 0. The molecule has 0 spiro atoms. The smallest absolute Gasteiger partial charge is 0.303 e. The van der Waals surface area contributed by atoms with E-state index in [1.165, 1.54) is 70.6 Å². The van der Waals surface area contributed by atoms with Gasteiger partial charge in [-0.05, 0) is 25.7 Å². The highest BCUT2D eigenvalue weighted by atomic mass is 16.4. The third kappa shape index (κ3) is 36.2. The number of hydrogen-bond acceptors (Lipinski definition) is 4. The normalized spacial score (nSPS) is 10.6. The predicted molar refractivity (Wildman–Crippen MR) is 131 cm³/mol. The van der Waals surface area contributed by atoms with Gasteiger partial charge in [0, 0.05) is 26.1 Å². The van der Waals surface area contributed by atoms with Gasteiger partial charge < -0.3 is 20.4 Å². The Hall–Kier alpha value is -1.14. The number of carboxylic acid groups (broad SMARTS) is 2. The average Bonchev–Trinajstić information content (AvgIpc) is 2.76. The number of carboxylic acids is 2. The van der Waals surface area contributed by atoms with E-state index in [-0.39, 0.29) is 0 Å². The van der Waals surface area contributed by atoms with E-state index in [4.69, 9.17) is 20.4 Å². The summed E-state index contributed by atoms with van der Waals surface area (Å²) < 4.78 is 0. The van der Waals surface area contributed by atoms with Gasteiger partial charge in [0.2, 0.25) is 0 Å². The zero-order chi connectivity index (χ0) is 24.1. The van der Waals surface area contributed by atoms with E-state index in [9.17, 15) is 9.59 Å². The van der Waals surface area contributed by atoms with E-state index in [1.54, 1.807) is 0 Å². The van der Waals surface area contributed by atoms with Crippen molar-refractivity contribution in [2.24, 2.45) is 0 Å². The first kappa shape index (κ1) is 33.0. The summed E-state index contributed by atoms with van der Waals surface area (Å²) in [5.74, 6) is -1.36. The molecular formula is C26H52O6. The Morgan fingerprint density at radius 1 is 0.344 bits per heavy atom. The van der Waals surface area contributed by atoms with E-state index in [0.29, 0.717) is 26.1 Å². The second kappa shape index (κ2) is 29.9. The Balaban J connectivity index is 0. The van der Waals surface area contributed by atoms with Crippen LogP contribution < -0.4 is 0 Å². The standard InChI is InChI=1S/C16H32O3.C10H20O3/c17-15-13-11-9-7-5-3-1-2-4-6-8-10-12-14-16(18)19;11-9-7-5-3-1-2-4-6-8-10(12)13/h17H,1-15H2,(H,18,19);11H,1-9H2,(H,12,13). The lowest BCUT2D eigenvalue weighted by atomic mass is 10.0. The van der Waals surface area contributed by atoms with Crippen LogP contribution in [0.4, 0.5) is 0 Å². The molecule has 4 N–H and O–H groups in total. The predicted octanol–water partition coefficient (Wildman–Crippen LogP) is 6.71. The average molecular weight is 461 g/mol. The van der Waals surface area contributed by atoms with Crippen LogP contribution in [0.25, 0.3) is 0 Å². The van der Waals surface area contributed by atoms with Crippen LogP contribution in [-0.4, -0.2) is 45.6 Å². The van der Waals surface area contributed by atoms with Crippen LogP contribution in [0, 0.1) is 0 Å². The van der Waals surface area contributed by atoms with Gasteiger partial charge in [0.25, 0.3) is 0 Å². The number of aliphatic hydroxyl groups excluding tert-OH is 2. The van der Waals surface area contributed by atoms with Gasteiger partial charge in [-0.25, -0.2) is 0 Å². The van der Waals surface area contributed by atoms with Crippen molar-refractivity contribution >= 4 is 11.9 Å². The molecule has 0 atom stereocenters. The van der Waals surface area contributed by atoms with E-state index >= 15 is 0 Å². The number of aliphatic carboxylic acids is 2. The third-order valence-electron chi connectivity index (χ3n) is 5.60. The molecule has 0 aromatic carbocycles. The monoisotopic (exact) mass is 460 g/mol. The van der Waals surface area contributed by atoms with Crippen molar-refractivity contribution in [3.05, 3.63) is 0 Å². The van der Waals surface area contributed by atoms with Gasteiger partial charge >= 0.3 is 11.9 Å². The molecule has 0 aliphatic heterocycles. The maximum absolute atomic E-state index is 10.3. The quantitative estimate of drug-likeness (QED) is 0.119. The Kier molecular flexibility index (Phi) is 30.8. The Bertz CT molecular complexity index is 387. The second-order valence-corrected chi connectivity index (χ2v) is 8.81. The minimum Gasteiger partial charge on any atom is -0.481 e. The van der Waals surface area contributed by atoms with Crippen molar-refractivity contribution in [1.29, 1.82) is 0 Å². The van der Waals surface area contributed by atoms with Gasteiger partial charge in [-0.1, -0.05) is 103 Å². The molecule has 0 bridgehead atoms. The molecule has 0 amide bonds. The first-order chi connectivity index (χ1) is 15.5. The van der Waals surface area contributed by atoms with Crippen LogP contribution in [-0.2, 0) is 9.59 Å². The molecule has 0 aliphatic carbocycles. The van der Waals surface area contributed by atoms with Gasteiger partial charge in [-0.2, -0.15) is 0 Å². The van der Waals surface area contributed by atoms with E-state index in [1.807, 2.05) is 0 Å². The molecule has 0 saturated heterocycles. The molecule has 0 aromatic heterocycles. The molecule has 0 fully saturated rings. The summed E-state index contributed by atoms with van der Waals surface area (Å²) in [6.07, 6.45) is 23.6. The van der Waals surface area contributed by atoms with Crippen LogP contribution >= 0.6 is 0 Å². The zero-order valence-corrected chi connectivity index (χ0v) is 20.6. The molecule has 0 aliphatic rings. The van der Waals surface area contributed by atoms with Crippen molar-refractivity contribution in [3.63, 3.8) is 0 Å². The molecule has 0 aromatic rings. The molecule has 0 saturated carbocycles. The largest absolute Gasteiger partial charge is 0.481 e. The maximum atomic E-state index is 10.3. The first-order valence-electron chi connectivity index (χ1n) is 13.2. The zero-order valence-electron chi connectivity index (χ0n) is 20.6. The number of hydrogen-bond donors (Lipinski definition) is 4. The summed E-state index contributed by atoms with van der Waals surface area (Å²) in [6.45, 7) is 0.630. The molecule has 192 valence electrons. The maximum Gasteiger partial charge on any atom is 0.303 e. The highest BCUT2D eigenvalue weighted by Gasteiger charge is 1.97. The third-order valence-corrected chi connectivity index (χ3v) is 5.60. The molecule has 0 unspecified atom stereocenters. The topological polar surface area (TPSA) is 115 Å². The summed E-state index contributed by atoms with van der Waals surface area (Å²) in [5, 5.41) is 34.0. The lowest BCUT2D eigenvalue weighted by molar-refractivity contribution is -0.138. The number of aliphatic hydroxyl groups is 2. The first-order valence-corrected chi connectivity index (χ1v) is 13.2. The number of rotatable bonds is 24. The van der Waals surface area contributed by atoms with Crippen molar-refractivity contribution in [2.75, 3.05) is 13.2 Å². The minimum atomic E-state index is -0.694. The van der Waals surface area contributed by atoms with Crippen LogP contribution in [0.2, 0.25) is 0 Å². The van der Waals surface area contributed by atoms with Gasteiger partial charge in [-0.3, -0.25) is 9.59 Å². The summed E-state index contributed by atoms with van der Waals surface area (Å²) in [6, 6.07) is 0. The minimum absolute atomic E-state index is 0.291. The Morgan fingerprint density at radius 2 is 0.531 bits per heavy atom. The van der Waals surface area contributed by atoms with Crippen molar-refractivity contribution in [3.8, 4) is 0 Å². The fourth-order valence-corrected chi connectivity index (χ4v) is 3.60. The van der Waals surface area contributed by atoms with E-state index in [2.05, 4.69) is 0 Å². The van der Waals surface area contributed by atoms with Crippen molar-refractivity contribution in [2.45, 2.75) is 141 Å². The number of carbonyl (C=O) groups is 2. The summed E-state index contributed by atoms with van der Waals surface area (Å²) >= 11 is 0. The molecule has 6 heteroatoms. The SMILES string of the molecule is O=C(O)CCCCCCCCCCCCCCCO.O=C(O)CCCCCCCCCO. The summed E-state index contributed by atoms with van der Waals surface area (Å²) in [4.78, 5) is 20.5. The fraction of sp³-hybridized carbons (Fsp3) is 0.923. The lowest BCUT2D eigenvalue weighted by Crippen LogP contribution is -1.93. The fourth-order valence-electron chi connectivity index (χ4n) is 3.60. The molecule has 6 nitrogen and oxygen atoms in total. The number of unbranched alkanes of at least 4 members (excludes halogenated alkanes) is 18. The Labute approximate surface area is 196 Å². The van der Waals surface area contributed by atoms with Gasteiger partial charge in [0.15, 0.2) is 0 Å². The van der Waals surface area contributed by atoms with Gasteiger partial charge in [0.05, 0.1) is 0 Å². The van der Waals surface area contributed by atoms with Crippen molar-refractivity contribution in [1.82, 2.24) is 0 Å². The van der Waals surface area contributed by atoms with E-state index < -0.39 is 11.9 Å². The molecule has 0 heterocycles. The highest BCUT2D eigenvalue weighted by Crippen LogP contribution is 2.13. The lowest BCUT2D eigenvalue weighted by Gasteiger charge is -2.02. The van der Waals surface area contributed by atoms with Crippen LogP contribution in [0.3, 0.4) is 0 Å². The summed E-state index contributed by atoms with van der Waals surface area (Å²) in [5.41, 5.74) is 0.